The van der Waals surface area contributed by atoms with Crippen LogP contribution in [0.1, 0.15) is 56.3 Å². The van der Waals surface area contributed by atoms with E-state index < -0.39 is 77.5 Å². The van der Waals surface area contributed by atoms with Crippen LogP contribution >= 0.6 is 0 Å². The number of nitrogens with zero attached hydrogens (tertiary/aromatic N) is 3. The van der Waals surface area contributed by atoms with E-state index >= 15 is 0 Å². The van der Waals surface area contributed by atoms with Gasteiger partial charge in [-0.1, -0.05) is 12.1 Å². The van der Waals surface area contributed by atoms with Crippen LogP contribution in [0.2, 0.25) is 0 Å². The smallest absolute Gasteiger partial charge is 0.534 e. The Balaban J connectivity index is 1.17. The summed E-state index contributed by atoms with van der Waals surface area (Å²) in [5.41, 5.74) is -0.881. The fourth-order valence-corrected chi connectivity index (χ4v) is 6.84. The molecule has 2 fully saturated rings. The minimum atomic E-state index is -1.90. The quantitative estimate of drug-likeness (QED) is 0.137. The lowest BCUT2D eigenvalue weighted by molar-refractivity contribution is -0.123. The maximum Gasteiger partial charge on any atom is 0.547 e. The van der Waals surface area contributed by atoms with Crippen LogP contribution in [-0.2, 0) is 11.2 Å². The number of nitrogens with one attached hydrogen (secondary N) is 2. The van der Waals surface area contributed by atoms with E-state index in [0.717, 1.165) is 11.0 Å². The topological polar surface area (TPSA) is 230 Å². The molecular weight excluding hydrogens is 703 g/mol. The van der Waals surface area contributed by atoms with Gasteiger partial charge in [0.05, 0.1) is 5.94 Å². The summed E-state index contributed by atoms with van der Waals surface area (Å²) in [6.07, 6.45) is 0.546. The summed E-state index contributed by atoms with van der Waals surface area (Å²) < 4.78 is 34.2. The normalized spacial score (nSPS) is 18.0. The average molecular weight is 737 g/mol. The van der Waals surface area contributed by atoms with Gasteiger partial charge in [0.2, 0.25) is 5.91 Å². The summed E-state index contributed by atoms with van der Waals surface area (Å²) in [7, 11) is -1.90. The van der Waals surface area contributed by atoms with Crippen LogP contribution < -0.4 is 15.3 Å². The number of halogens is 2. The predicted molar refractivity (Wildman–Crippen MR) is 179 cm³/mol. The number of carboxylic acid groups (broad SMARTS) is 1. The lowest BCUT2D eigenvalue weighted by Crippen LogP contribution is -2.56. The van der Waals surface area contributed by atoms with Crippen molar-refractivity contribution in [3.8, 4) is 23.0 Å². The highest BCUT2D eigenvalue weighted by molar-refractivity contribution is 6.47. The van der Waals surface area contributed by atoms with Gasteiger partial charge in [0.1, 0.15) is 28.9 Å². The first-order valence-corrected chi connectivity index (χ1v) is 16.5. The number of likely N-dealkylation sites (tertiary alicyclic amines) is 1. The Labute approximate surface area is 300 Å². The fourth-order valence-electron chi connectivity index (χ4n) is 6.84. The molecule has 2 saturated heterocycles. The number of phenols is 3. The van der Waals surface area contributed by atoms with Gasteiger partial charge in [0.25, 0.3) is 5.91 Å². The Kier molecular flexibility index (Phi) is 10.0. The van der Waals surface area contributed by atoms with Crippen LogP contribution in [0.5, 0.6) is 23.0 Å². The molecule has 3 aromatic rings. The van der Waals surface area contributed by atoms with Gasteiger partial charge in [0, 0.05) is 43.3 Å². The number of rotatable bonds is 7. The van der Waals surface area contributed by atoms with E-state index in [1.54, 1.807) is 17.0 Å². The van der Waals surface area contributed by atoms with Crippen molar-refractivity contribution in [2.45, 2.75) is 44.2 Å². The van der Waals surface area contributed by atoms with Gasteiger partial charge in [0.15, 0.2) is 17.3 Å². The molecule has 6 amide bonds. The molecule has 0 aliphatic carbocycles. The molecule has 3 aliphatic rings. The van der Waals surface area contributed by atoms with Crippen LogP contribution in [0, 0.1) is 18.6 Å². The zero-order valence-electron chi connectivity index (χ0n) is 28.1. The molecular formula is C34H34BF2N5O11. The van der Waals surface area contributed by atoms with Crippen LogP contribution in [0.25, 0.3) is 0 Å². The number of benzene rings is 3. The van der Waals surface area contributed by atoms with E-state index in [2.05, 4.69) is 10.6 Å². The first-order valence-electron chi connectivity index (χ1n) is 16.5. The number of urea groups is 2. The van der Waals surface area contributed by atoms with Crippen molar-refractivity contribution in [2.75, 3.05) is 26.2 Å². The second kappa shape index (κ2) is 14.5. The molecule has 16 nitrogen and oxygen atoms in total. The van der Waals surface area contributed by atoms with Crippen molar-refractivity contribution in [3.05, 3.63) is 81.9 Å². The molecule has 3 aromatic carbocycles. The average Bonchev–Trinajstić information content (AvgIpc) is 3.52. The summed E-state index contributed by atoms with van der Waals surface area (Å²) in [5.74, 6) is -9.25. The van der Waals surface area contributed by atoms with Crippen molar-refractivity contribution in [2.24, 2.45) is 0 Å². The summed E-state index contributed by atoms with van der Waals surface area (Å²) in [6.45, 7) is 1.89. The standard InChI is InChI=1S/C34H34BF2N5O11/c1-16-21(15-23(37)28(45)27(16)44)26(30(46)38-24-14-17-5-6-22(36)25(32(48)49)29(17)53-35(24)52)39-33(50)42-12-11-41(34(42)51)19-7-9-40(10-8-19)31(47)18-3-2-4-20(43)13-18/h2-6,13,15,19,24,26,43-45,52H,7-12,14H2,1H3,(H,38,46)(H,39,50)(H,48,49)/t24-,26?/m0/s1. The van der Waals surface area contributed by atoms with Crippen LogP contribution in [0.3, 0.4) is 0 Å². The number of hydrogen-bond donors (Lipinski definition) is 7. The lowest BCUT2D eigenvalue weighted by Gasteiger charge is -2.36. The van der Waals surface area contributed by atoms with E-state index in [0.29, 0.717) is 37.6 Å². The van der Waals surface area contributed by atoms with Crippen molar-refractivity contribution in [1.29, 1.82) is 0 Å². The molecule has 3 aliphatic heterocycles. The zero-order valence-corrected chi connectivity index (χ0v) is 28.1. The minimum absolute atomic E-state index is 0.0470. The van der Waals surface area contributed by atoms with Gasteiger partial charge in [-0.05, 0) is 67.6 Å². The monoisotopic (exact) mass is 737 g/mol. The number of fused-ring (bicyclic) bond motifs is 1. The summed E-state index contributed by atoms with van der Waals surface area (Å²) >= 11 is 0. The van der Waals surface area contributed by atoms with E-state index in [1.807, 2.05) is 0 Å². The van der Waals surface area contributed by atoms with Crippen molar-refractivity contribution in [3.63, 3.8) is 0 Å². The maximum atomic E-state index is 14.7. The predicted octanol–water partition coefficient (Wildman–Crippen LogP) is 2.02. The molecule has 19 heteroatoms. The number of phenolic OH excluding ortho intramolecular Hbond substituents is 3. The number of carboxylic acids is 1. The summed E-state index contributed by atoms with van der Waals surface area (Å²) in [6, 6.07) is 4.85. The number of hydrogen-bond acceptors (Lipinski definition) is 10. The van der Waals surface area contributed by atoms with Gasteiger partial charge in [-0.3, -0.25) is 9.59 Å². The molecule has 6 rings (SSSR count). The second-order valence-corrected chi connectivity index (χ2v) is 12.9. The fraction of sp³-hybridized carbons (Fsp3) is 0.324. The zero-order chi connectivity index (χ0) is 38.3. The van der Waals surface area contributed by atoms with Gasteiger partial charge >= 0.3 is 25.1 Å². The Morgan fingerprint density at radius 1 is 0.962 bits per heavy atom. The molecule has 278 valence electrons. The second-order valence-electron chi connectivity index (χ2n) is 12.9. The number of amides is 6. The number of imide groups is 1. The Hall–Kier alpha value is -6.11. The highest BCUT2D eigenvalue weighted by Crippen LogP contribution is 2.37. The van der Waals surface area contributed by atoms with Crippen molar-refractivity contribution < 1.29 is 62.9 Å². The number of carbonyl (C=O) groups is 5. The number of carbonyl (C=O) groups excluding carboxylic acids is 4. The summed E-state index contributed by atoms with van der Waals surface area (Å²) in [4.78, 5) is 69.5. The Morgan fingerprint density at radius 2 is 1.68 bits per heavy atom. The van der Waals surface area contributed by atoms with E-state index in [9.17, 15) is 58.2 Å². The van der Waals surface area contributed by atoms with Crippen LogP contribution in [-0.4, -0.2) is 115 Å². The van der Waals surface area contributed by atoms with Crippen LogP contribution in [0.4, 0.5) is 18.4 Å². The molecule has 0 spiro atoms. The molecule has 0 saturated carbocycles. The molecule has 0 bridgehead atoms. The SMILES string of the molecule is Cc1c(C(NC(=O)N2CCN(C3CCN(C(=O)c4cccc(O)c4)CC3)C2=O)C(=O)N[C@H]2Cc3ccc(F)c(C(=O)O)c3OB2O)cc(F)c(O)c1O. The molecule has 3 heterocycles. The third kappa shape index (κ3) is 7.06. The lowest BCUT2D eigenvalue weighted by atomic mass is 9.72. The number of piperidine rings is 1. The molecule has 53 heavy (non-hydrogen) atoms. The van der Waals surface area contributed by atoms with Crippen molar-refractivity contribution >= 4 is 37.0 Å². The van der Waals surface area contributed by atoms with E-state index in [1.165, 1.54) is 30.0 Å². The third-order valence-electron chi connectivity index (χ3n) is 9.69. The Morgan fingerprint density at radius 3 is 2.36 bits per heavy atom. The first kappa shape index (κ1) is 36.7. The molecule has 0 aromatic heterocycles. The van der Waals surface area contributed by atoms with Gasteiger partial charge < -0.3 is 50.5 Å². The Bertz CT molecular complexity index is 2010. The van der Waals surface area contributed by atoms with Gasteiger partial charge in [-0.15, -0.1) is 0 Å². The van der Waals surface area contributed by atoms with Gasteiger partial charge in [-0.2, -0.15) is 0 Å². The maximum absolute atomic E-state index is 14.7. The highest BCUT2D eigenvalue weighted by Gasteiger charge is 2.43. The number of aromatic hydroxyl groups is 3. The van der Waals surface area contributed by atoms with Gasteiger partial charge in [-0.25, -0.2) is 28.1 Å². The third-order valence-corrected chi connectivity index (χ3v) is 9.69. The molecule has 0 radical (unpaired) electrons. The first-order chi connectivity index (χ1) is 25.2. The number of aromatic carboxylic acids is 1. The molecule has 2 atom stereocenters. The molecule has 7 N–H and O–H groups in total. The van der Waals surface area contributed by atoms with Crippen LogP contribution in [0.15, 0.2) is 42.5 Å². The van der Waals surface area contributed by atoms with E-state index in [4.69, 9.17) is 4.65 Å². The highest BCUT2D eigenvalue weighted by atomic mass is 19.1. The summed E-state index contributed by atoms with van der Waals surface area (Å²) in [5, 5.41) is 55.0. The minimum Gasteiger partial charge on any atom is -0.534 e. The largest absolute Gasteiger partial charge is 0.547 e. The van der Waals surface area contributed by atoms with Crippen molar-refractivity contribution in [1.82, 2.24) is 25.3 Å². The molecule has 1 unspecified atom stereocenters. The van der Waals surface area contributed by atoms with E-state index in [-0.39, 0.29) is 53.9 Å².